The number of thiophene rings is 1. The third-order valence-corrected chi connectivity index (χ3v) is 13.1. The molecule has 0 amide bonds. The maximum absolute atomic E-state index is 6.59. The van der Waals surface area contributed by atoms with Gasteiger partial charge in [0.15, 0.2) is 0 Å². The molecule has 10 aromatic carbocycles. The molecule has 0 atom stereocenters. The molecule has 2 aromatic heterocycles. The lowest BCUT2D eigenvalue weighted by Crippen LogP contribution is -2.13. The second-order valence-corrected chi connectivity index (χ2v) is 16.2. The molecule has 0 fully saturated rings. The number of anilines is 3. The van der Waals surface area contributed by atoms with Gasteiger partial charge >= 0.3 is 0 Å². The second-order valence-electron chi connectivity index (χ2n) is 15.2. The molecule has 0 radical (unpaired) electrons. The quantitative estimate of drug-likeness (QED) is 0.157. The van der Waals surface area contributed by atoms with E-state index in [0.717, 1.165) is 44.6 Å². The van der Waals surface area contributed by atoms with Gasteiger partial charge in [0.05, 0.1) is 16.8 Å². The summed E-state index contributed by atoms with van der Waals surface area (Å²) in [5.74, 6) is 0. The molecule has 3 heteroatoms. The average Bonchev–Trinajstić information content (AvgIpc) is 3.89. The molecule has 0 saturated carbocycles. The van der Waals surface area contributed by atoms with Crippen LogP contribution in [-0.2, 0) is 0 Å². The topological polar surface area (TPSA) is 16.4 Å². The van der Waals surface area contributed by atoms with Gasteiger partial charge in [0.2, 0.25) is 0 Å². The number of rotatable bonds is 6. The Morgan fingerprint density at radius 2 is 0.949 bits per heavy atom. The summed E-state index contributed by atoms with van der Waals surface area (Å²) in [6, 6.07) is 77.0. The van der Waals surface area contributed by atoms with E-state index in [4.69, 9.17) is 4.42 Å². The van der Waals surface area contributed by atoms with Gasteiger partial charge < -0.3 is 9.32 Å². The Bertz CT molecular complexity index is 3560. The minimum atomic E-state index is 0.860. The van der Waals surface area contributed by atoms with Gasteiger partial charge in [-0.15, -0.1) is 11.3 Å². The van der Waals surface area contributed by atoms with Crippen LogP contribution in [0.1, 0.15) is 0 Å². The van der Waals surface area contributed by atoms with Gasteiger partial charge in [-0.05, 0) is 80.4 Å². The standard InChI is InChI=1S/C56H35NOS/c1-2-15-36(16-3-1)37-31-33-38(34-32-37)53-45-22-6-4-19-42(45)43-20-5-7-23-46(43)55(53)57(49-27-14-29-51-54(49)48-24-8-10-28-50(48)58-51)40-18-12-17-39(35-40)41-25-13-26-47-44-21-9-11-30-52(44)59-56(41)47/h1-35H. The number of para-hydroxylation sites is 1. The zero-order valence-corrected chi connectivity index (χ0v) is 32.8. The normalized spacial score (nSPS) is 11.7. The van der Waals surface area contributed by atoms with Crippen molar-refractivity contribution in [3.63, 3.8) is 0 Å². The number of hydrogen-bond donors (Lipinski definition) is 0. The van der Waals surface area contributed by atoms with Crippen LogP contribution in [0.5, 0.6) is 0 Å². The Morgan fingerprint density at radius 3 is 1.78 bits per heavy atom. The van der Waals surface area contributed by atoms with Crippen LogP contribution in [0.4, 0.5) is 17.1 Å². The van der Waals surface area contributed by atoms with Crippen LogP contribution in [0, 0.1) is 0 Å². The molecular weight excluding hydrogens is 735 g/mol. The van der Waals surface area contributed by atoms with Crippen molar-refractivity contribution in [1.29, 1.82) is 0 Å². The molecule has 59 heavy (non-hydrogen) atoms. The Labute approximate surface area is 345 Å². The van der Waals surface area contributed by atoms with Gasteiger partial charge in [-0.2, -0.15) is 0 Å². The van der Waals surface area contributed by atoms with Gasteiger partial charge in [0, 0.05) is 42.2 Å². The van der Waals surface area contributed by atoms with Crippen molar-refractivity contribution in [1.82, 2.24) is 0 Å². The maximum Gasteiger partial charge on any atom is 0.137 e. The molecule has 2 heterocycles. The van der Waals surface area contributed by atoms with Gasteiger partial charge in [0.1, 0.15) is 11.2 Å². The number of nitrogens with zero attached hydrogens (tertiary/aromatic N) is 1. The van der Waals surface area contributed by atoms with E-state index in [-0.39, 0.29) is 0 Å². The first-order valence-electron chi connectivity index (χ1n) is 20.1. The summed E-state index contributed by atoms with van der Waals surface area (Å²) in [7, 11) is 0. The van der Waals surface area contributed by atoms with E-state index < -0.39 is 0 Å². The third kappa shape index (κ3) is 5.40. The molecule has 0 saturated heterocycles. The van der Waals surface area contributed by atoms with Crippen molar-refractivity contribution in [2.45, 2.75) is 0 Å². The molecule has 0 spiro atoms. The van der Waals surface area contributed by atoms with E-state index in [1.54, 1.807) is 0 Å². The minimum Gasteiger partial charge on any atom is -0.456 e. The number of furan rings is 1. The minimum absolute atomic E-state index is 0.860. The van der Waals surface area contributed by atoms with E-state index in [1.807, 2.05) is 17.4 Å². The average molecular weight is 770 g/mol. The first kappa shape index (κ1) is 33.7. The largest absolute Gasteiger partial charge is 0.456 e. The van der Waals surface area contributed by atoms with Crippen molar-refractivity contribution in [3.05, 3.63) is 212 Å². The Hall–Kier alpha value is -7.46. The molecule has 0 aliphatic heterocycles. The monoisotopic (exact) mass is 769 g/mol. The van der Waals surface area contributed by atoms with Crippen molar-refractivity contribution in [3.8, 4) is 33.4 Å². The van der Waals surface area contributed by atoms with E-state index in [1.165, 1.54) is 69.5 Å². The lowest BCUT2D eigenvalue weighted by Gasteiger charge is -2.31. The zero-order chi connectivity index (χ0) is 38.9. The zero-order valence-electron chi connectivity index (χ0n) is 32.0. The van der Waals surface area contributed by atoms with Crippen molar-refractivity contribution < 1.29 is 4.42 Å². The number of benzene rings is 10. The first-order chi connectivity index (χ1) is 29.3. The van der Waals surface area contributed by atoms with Crippen molar-refractivity contribution >= 4 is 92.1 Å². The highest BCUT2D eigenvalue weighted by Crippen LogP contribution is 2.52. The molecule has 276 valence electrons. The summed E-state index contributed by atoms with van der Waals surface area (Å²) in [6.45, 7) is 0. The van der Waals surface area contributed by atoms with Gasteiger partial charge in [-0.3, -0.25) is 0 Å². The molecular formula is C56H35NOS. The van der Waals surface area contributed by atoms with Crippen LogP contribution >= 0.6 is 11.3 Å². The third-order valence-electron chi connectivity index (χ3n) is 11.9. The molecule has 0 aliphatic rings. The second kappa shape index (κ2) is 13.6. The highest BCUT2D eigenvalue weighted by atomic mass is 32.1. The summed E-state index contributed by atoms with van der Waals surface area (Å²) in [5.41, 5.74) is 12.1. The van der Waals surface area contributed by atoms with E-state index in [0.29, 0.717) is 0 Å². The Balaban J connectivity index is 1.19. The molecule has 0 N–H and O–H groups in total. The summed E-state index contributed by atoms with van der Waals surface area (Å²) < 4.78 is 9.19. The Morgan fingerprint density at radius 1 is 0.373 bits per heavy atom. The van der Waals surface area contributed by atoms with Crippen LogP contribution in [0.3, 0.4) is 0 Å². The predicted molar refractivity (Wildman–Crippen MR) is 253 cm³/mol. The molecule has 2 nitrogen and oxygen atoms in total. The van der Waals surface area contributed by atoms with Crippen LogP contribution < -0.4 is 4.90 Å². The highest BCUT2D eigenvalue weighted by Gasteiger charge is 2.26. The highest BCUT2D eigenvalue weighted by molar-refractivity contribution is 7.26. The van der Waals surface area contributed by atoms with Gasteiger partial charge in [0.25, 0.3) is 0 Å². The van der Waals surface area contributed by atoms with E-state index in [2.05, 4.69) is 211 Å². The smallest absolute Gasteiger partial charge is 0.137 e. The van der Waals surface area contributed by atoms with Crippen LogP contribution in [0.2, 0.25) is 0 Å². The molecule has 0 aliphatic carbocycles. The fraction of sp³-hybridized carbons (Fsp3) is 0. The van der Waals surface area contributed by atoms with E-state index in [9.17, 15) is 0 Å². The summed E-state index contributed by atoms with van der Waals surface area (Å²) in [6.07, 6.45) is 0. The fourth-order valence-corrected chi connectivity index (χ4v) is 10.5. The summed E-state index contributed by atoms with van der Waals surface area (Å²) in [5, 5.41) is 9.59. The predicted octanol–water partition coefficient (Wildman–Crippen LogP) is 16.7. The molecule has 0 bridgehead atoms. The van der Waals surface area contributed by atoms with Gasteiger partial charge in [-0.25, -0.2) is 0 Å². The van der Waals surface area contributed by atoms with Crippen LogP contribution in [-0.4, -0.2) is 0 Å². The van der Waals surface area contributed by atoms with Crippen molar-refractivity contribution in [2.24, 2.45) is 0 Å². The van der Waals surface area contributed by atoms with Crippen LogP contribution in [0.15, 0.2) is 217 Å². The number of hydrogen-bond acceptors (Lipinski definition) is 3. The molecule has 0 unspecified atom stereocenters. The Kier molecular flexibility index (Phi) is 7.75. The lowest BCUT2D eigenvalue weighted by molar-refractivity contribution is 0.669. The number of fused-ring (bicyclic) bond motifs is 9. The van der Waals surface area contributed by atoms with Crippen LogP contribution in [0.25, 0.3) is 97.0 Å². The van der Waals surface area contributed by atoms with Crippen molar-refractivity contribution in [2.75, 3.05) is 4.90 Å². The SMILES string of the molecule is c1ccc(-c2ccc(-c3c(N(c4cccc(-c5cccc6c5sc5ccccc56)c4)c4cccc5oc6ccccc6c45)c4ccccc4c4ccccc34)cc2)cc1. The maximum atomic E-state index is 6.59. The molecule has 12 aromatic rings. The van der Waals surface area contributed by atoms with Gasteiger partial charge in [-0.1, -0.05) is 176 Å². The lowest BCUT2D eigenvalue weighted by atomic mass is 9.89. The molecule has 12 rings (SSSR count). The fourth-order valence-electron chi connectivity index (χ4n) is 9.23. The first-order valence-corrected chi connectivity index (χ1v) is 20.9. The van der Waals surface area contributed by atoms with E-state index >= 15 is 0 Å². The summed E-state index contributed by atoms with van der Waals surface area (Å²) >= 11 is 1.87. The summed E-state index contributed by atoms with van der Waals surface area (Å²) in [4.78, 5) is 2.51.